The van der Waals surface area contributed by atoms with Gasteiger partial charge < -0.3 is 0 Å². The van der Waals surface area contributed by atoms with Crippen LogP contribution < -0.4 is 0 Å². The Balaban J connectivity index is 2.41. The van der Waals surface area contributed by atoms with E-state index in [1.807, 2.05) is 6.08 Å². The molecule has 0 aliphatic heterocycles. The summed E-state index contributed by atoms with van der Waals surface area (Å²) in [5, 5.41) is 0. The van der Waals surface area contributed by atoms with Crippen LogP contribution in [0.1, 0.15) is 25.7 Å². The van der Waals surface area contributed by atoms with E-state index in [2.05, 4.69) is 34.5 Å². The number of nitrogens with zero attached hydrogens (tertiary/aromatic N) is 1. The van der Waals surface area contributed by atoms with E-state index in [-0.39, 0.29) is 0 Å². The number of likely N-dealkylation sites (N-methyl/N-ethyl adjacent to an activating group) is 1. The van der Waals surface area contributed by atoms with Crippen molar-refractivity contribution in [2.24, 2.45) is 0 Å². The third kappa shape index (κ3) is 2.60. The van der Waals surface area contributed by atoms with Crippen LogP contribution in [0.4, 0.5) is 0 Å². The minimum absolute atomic E-state index is 0.691. The Hall–Kier alpha value is 0.180. The second-order valence-electron chi connectivity index (χ2n) is 3.60. The Morgan fingerprint density at radius 1 is 1.50 bits per heavy atom. The van der Waals surface area contributed by atoms with E-state index < -0.39 is 0 Å². The predicted molar refractivity (Wildman–Crippen MR) is 57.8 cm³/mol. The topological polar surface area (TPSA) is 3.24 Å². The first-order valence-corrected chi connectivity index (χ1v) is 5.62. The van der Waals surface area contributed by atoms with Crippen LogP contribution in [0.5, 0.6) is 0 Å². The molecule has 1 nitrogen and oxygen atoms in total. The second-order valence-corrected chi connectivity index (χ2v) is 4.77. The van der Waals surface area contributed by atoms with Crippen molar-refractivity contribution in [2.75, 3.05) is 13.6 Å². The summed E-state index contributed by atoms with van der Waals surface area (Å²) in [6.07, 6.45) is 7.41. The third-order valence-electron chi connectivity index (χ3n) is 2.63. The Labute approximate surface area is 84.0 Å². The average molecular weight is 232 g/mol. The predicted octanol–water partition coefficient (Wildman–Crippen LogP) is 2.81. The SMILES string of the molecule is C=CCN(C)C1CCCCC1Br. The van der Waals surface area contributed by atoms with Crippen LogP contribution in [-0.4, -0.2) is 29.4 Å². The van der Waals surface area contributed by atoms with Crippen molar-refractivity contribution >= 4 is 15.9 Å². The van der Waals surface area contributed by atoms with Crippen molar-refractivity contribution in [3.63, 3.8) is 0 Å². The molecule has 0 heterocycles. The van der Waals surface area contributed by atoms with Crippen molar-refractivity contribution < 1.29 is 0 Å². The second kappa shape index (κ2) is 5.03. The first kappa shape index (κ1) is 10.3. The highest BCUT2D eigenvalue weighted by Gasteiger charge is 2.25. The van der Waals surface area contributed by atoms with Gasteiger partial charge in [-0.25, -0.2) is 0 Å². The lowest BCUT2D eigenvalue weighted by molar-refractivity contribution is 0.218. The van der Waals surface area contributed by atoms with Crippen molar-refractivity contribution in [3.05, 3.63) is 12.7 Å². The van der Waals surface area contributed by atoms with E-state index >= 15 is 0 Å². The first-order chi connectivity index (χ1) is 5.75. The van der Waals surface area contributed by atoms with Gasteiger partial charge in [0.05, 0.1) is 0 Å². The Bertz CT molecular complexity index is 147. The van der Waals surface area contributed by atoms with Crippen LogP contribution in [0.2, 0.25) is 0 Å². The van der Waals surface area contributed by atoms with Crippen LogP contribution in [0.3, 0.4) is 0 Å². The molecule has 1 saturated carbocycles. The Morgan fingerprint density at radius 3 is 2.75 bits per heavy atom. The quantitative estimate of drug-likeness (QED) is 0.534. The molecular weight excluding hydrogens is 214 g/mol. The van der Waals surface area contributed by atoms with Crippen LogP contribution in [0.15, 0.2) is 12.7 Å². The van der Waals surface area contributed by atoms with E-state index in [1.54, 1.807) is 0 Å². The van der Waals surface area contributed by atoms with E-state index in [1.165, 1.54) is 25.7 Å². The van der Waals surface area contributed by atoms with Gasteiger partial charge in [-0.3, -0.25) is 4.90 Å². The molecule has 0 saturated heterocycles. The molecule has 1 aliphatic carbocycles. The van der Waals surface area contributed by atoms with Gasteiger partial charge in [-0.2, -0.15) is 0 Å². The molecule has 2 heteroatoms. The average Bonchev–Trinajstić information content (AvgIpc) is 2.05. The minimum Gasteiger partial charge on any atom is -0.299 e. The molecule has 0 aromatic carbocycles. The van der Waals surface area contributed by atoms with E-state index in [0.717, 1.165) is 12.6 Å². The zero-order chi connectivity index (χ0) is 8.97. The van der Waals surface area contributed by atoms with Gasteiger partial charge in [0.15, 0.2) is 0 Å². The first-order valence-electron chi connectivity index (χ1n) is 4.71. The van der Waals surface area contributed by atoms with Crippen molar-refractivity contribution in [3.8, 4) is 0 Å². The molecule has 1 aliphatic rings. The largest absolute Gasteiger partial charge is 0.299 e. The van der Waals surface area contributed by atoms with Gasteiger partial charge in [0.25, 0.3) is 0 Å². The van der Waals surface area contributed by atoms with Gasteiger partial charge in [-0.05, 0) is 19.9 Å². The van der Waals surface area contributed by atoms with Gasteiger partial charge in [0, 0.05) is 17.4 Å². The molecule has 0 radical (unpaired) electrons. The highest BCUT2D eigenvalue weighted by molar-refractivity contribution is 9.09. The molecule has 0 spiro atoms. The summed E-state index contributed by atoms with van der Waals surface area (Å²) < 4.78 is 0. The van der Waals surface area contributed by atoms with Gasteiger partial charge >= 0.3 is 0 Å². The van der Waals surface area contributed by atoms with Gasteiger partial charge in [0.1, 0.15) is 0 Å². The van der Waals surface area contributed by atoms with E-state index in [9.17, 15) is 0 Å². The van der Waals surface area contributed by atoms with E-state index in [0.29, 0.717) is 4.83 Å². The van der Waals surface area contributed by atoms with Gasteiger partial charge in [-0.1, -0.05) is 34.8 Å². The van der Waals surface area contributed by atoms with Crippen molar-refractivity contribution in [1.82, 2.24) is 4.90 Å². The normalized spacial score (nSPS) is 30.6. The third-order valence-corrected chi connectivity index (χ3v) is 3.70. The van der Waals surface area contributed by atoms with Crippen LogP contribution in [0, 0.1) is 0 Å². The number of hydrogen-bond donors (Lipinski definition) is 0. The fourth-order valence-corrected chi connectivity index (χ4v) is 2.89. The number of halogens is 1. The lowest BCUT2D eigenvalue weighted by atomic mass is 9.94. The molecule has 12 heavy (non-hydrogen) atoms. The van der Waals surface area contributed by atoms with E-state index in [4.69, 9.17) is 0 Å². The summed E-state index contributed by atoms with van der Waals surface area (Å²) in [7, 11) is 2.19. The lowest BCUT2D eigenvalue weighted by Crippen LogP contribution is -2.40. The maximum absolute atomic E-state index is 3.76. The molecular formula is C10H18BrN. The molecule has 0 aromatic rings. The summed E-state index contributed by atoms with van der Waals surface area (Å²) in [5.41, 5.74) is 0. The molecule has 70 valence electrons. The van der Waals surface area contributed by atoms with Crippen LogP contribution in [-0.2, 0) is 0 Å². The van der Waals surface area contributed by atoms with Crippen LogP contribution >= 0.6 is 15.9 Å². The maximum atomic E-state index is 3.76. The Morgan fingerprint density at radius 2 is 2.17 bits per heavy atom. The standard InChI is InChI=1S/C10H18BrN/c1-3-8-12(2)10-7-5-4-6-9(10)11/h3,9-10H,1,4-8H2,2H3. The molecule has 0 amide bonds. The summed E-state index contributed by atoms with van der Waals surface area (Å²) in [4.78, 5) is 3.09. The monoisotopic (exact) mass is 231 g/mol. The number of rotatable bonds is 3. The zero-order valence-corrected chi connectivity index (χ0v) is 9.39. The molecule has 2 atom stereocenters. The highest BCUT2D eigenvalue weighted by Crippen LogP contribution is 2.27. The molecule has 1 rings (SSSR count). The Kier molecular flexibility index (Phi) is 4.30. The summed E-state index contributed by atoms with van der Waals surface area (Å²) in [6.45, 7) is 4.77. The van der Waals surface area contributed by atoms with Crippen LogP contribution in [0.25, 0.3) is 0 Å². The van der Waals surface area contributed by atoms with Gasteiger partial charge in [0.2, 0.25) is 0 Å². The fourth-order valence-electron chi connectivity index (χ4n) is 1.90. The number of alkyl halides is 1. The van der Waals surface area contributed by atoms with Gasteiger partial charge in [-0.15, -0.1) is 6.58 Å². The molecule has 0 aromatic heterocycles. The number of hydrogen-bond acceptors (Lipinski definition) is 1. The lowest BCUT2D eigenvalue weighted by Gasteiger charge is -2.34. The fraction of sp³-hybridized carbons (Fsp3) is 0.800. The zero-order valence-electron chi connectivity index (χ0n) is 7.80. The molecule has 0 bridgehead atoms. The molecule has 0 N–H and O–H groups in total. The minimum atomic E-state index is 0.691. The van der Waals surface area contributed by atoms with Crippen molar-refractivity contribution in [2.45, 2.75) is 36.6 Å². The molecule has 1 fully saturated rings. The maximum Gasteiger partial charge on any atom is 0.0301 e. The summed E-state index contributed by atoms with van der Waals surface area (Å²) in [5.74, 6) is 0. The molecule has 2 unspecified atom stereocenters. The summed E-state index contributed by atoms with van der Waals surface area (Å²) in [6, 6.07) is 0.719. The highest BCUT2D eigenvalue weighted by atomic mass is 79.9. The summed E-state index contributed by atoms with van der Waals surface area (Å²) >= 11 is 3.75. The van der Waals surface area contributed by atoms with Crippen molar-refractivity contribution in [1.29, 1.82) is 0 Å². The smallest absolute Gasteiger partial charge is 0.0301 e.